The maximum Gasteiger partial charge on any atom is 0.303 e. The minimum Gasteiger partial charge on any atom is -0.497 e. The molecule has 14 atom stereocenters. The number of hydrogen-bond donors (Lipinski definition) is 0. The molecule has 10 aromatic rings. The normalized spacial score (nSPS) is 21.0. The van der Waals surface area contributed by atoms with Gasteiger partial charge in [-0.05, 0) is 84.9 Å². The van der Waals surface area contributed by atoms with Crippen molar-refractivity contribution in [2.24, 2.45) is 0 Å². The lowest BCUT2D eigenvalue weighted by atomic mass is 9.69. The van der Waals surface area contributed by atoms with E-state index in [0.29, 0.717) is 102 Å². The van der Waals surface area contributed by atoms with Crippen molar-refractivity contribution in [2.45, 2.75) is 126 Å². The summed E-state index contributed by atoms with van der Waals surface area (Å²) in [6.07, 6.45) is -14.3. The molecule has 0 bridgehead atoms. The molecule has 0 fully saturated rings. The Morgan fingerprint density at radius 3 is 0.848 bits per heavy atom. The first kappa shape index (κ1) is 92.1. The Morgan fingerprint density at radius 2 is 0.530 bits per heavy atom. The molecule has 0 radical (unpaired) electrons. The zero-order chi connectivity index (χ0) is 93.9. The molecule has 0 amide bonds. The standard InChI is InChI=1S/C101H104O31/c1-48(102)123-80-47-66-94(121-20)86(83-63-32-29-60(109-8)45-74(63)130-91(100(83)126-51(4)105)56-25-36-70(113-12)78(41-56)118-17)97(122-21)87(96(66)131-88(80)53-22-33-67(110-9)75(38-53)115-14)84-65-46-64(81-61-30-27-58(107-6)43-72(61)128-89(98(81)124-49(2)103)54-23-34-68(111-10)76(39-54)116-15)93(120-19)85(95(65)132-92(101(84)127-52(5)106)57-26-37-71(114-13)79(42-57)119-18)82-62-31-28-59(108-7)44-73(62)129-90(99(82)125-50(3)104)55-24-35-69(112-11)77(40-55)117-16/h22-46,80-84,88-92,98-101H,47H2,1-21H3/t80-,81+,82+,83-,84+,88+,89-,90-,91-,92-,98+,99+,100+,101+/m0/s1. The summed E-state index contributed by atoms with van der Waals surface area (Å²) < 4.78 is 172. The summed E-state index contributed by atoms with van der Waals surface area (Å²) in [5.74, 6) is -4.48. The van der Waals surface area contributed by atoms with Crippen molar-refractivity contribution in [3.05, 3.63) is 230 Å². The van der Waals surface area contributed by atoms with Crippen molar-refractivity contribution in [2.75, 3.05) is 114 Å². The molecule has 694 valence electrons. The summed E-state index contributed by atoms with van der Waals surface area (Å²) in [6.45, 7) is 6.36. The summed E-state index contributed by atoms with van der Waals surface area (Å²) in [5, 5.41) is 0. The summed E-state index contributed by atoms with van der Waals surface area (Å²) in [7, 11) is 23.8. The number of hydrogen-bond acceptors (Lipinski definition) is 31. The molecule has 132 heavy (non-hydrogen) atoms. The molecule has 0 saturated carbocycles. The van der Waals surface area contributed by atoms with Crippen LogP contribution in [0.5, 0.6) is 121 Å². The predicted octanol–water partition coefficient (Wildman–Crippen LogP) is 16.2. The Balaban J connectivity index is 1.20. The highest BCUT2D eigenvalue weighted by Gasteiger charge is 2.57. The van der Waals surface area contributed by atoms with Gasteiger partial charge in [-0.2, -0.15) is 0 Å². The second-order valence-corrected chi connectivity index (χ2v) is 31.6. The van der Waals surface area contributed by atoms with Gasteiger partial charge in [-0.3, -0.25) is 24.0 Å². The average Bonchev–Trinajstić information content (AvgIpc) is 0.692. The first-order chi connectivity index (χ1) is 63.8. The summed E-state index contributed by atoms with van der Waals surface area (Å²) in [4.78, 5) is 74.2. The van der Waals surface area contributed by atoms with E-state index in [0.717, 1.165) is 0 Å². The van der Waals surface area contributed by atoms with E-state index in [1.807, 2.05) is 6.07 Å². The van der Waals surface area contributed by atoms with Crippen LogP contribution in [0.25, 0.3) is 0 Å². The van der Waals surface area contributed by atoms with Crippen LogP contribution in [0.15, 0.2) is 152 Å². The van der Waals surface area contributed by atoms with Crippen LogP contribution in [0.4, 0.5) is 0 Å². The zero-order valence-electron chi connectivity index (χ0n) is 76.9. The van der Waals surface area contributed by atoms with Gasteiger partial charge in [-0.25, -0.2) is 0 Å². The number of esters is 5. The molecule has 5 heterocycles. The molecule has 0 aliphatic carbocycles. The fraction of sp³-hybridized carbons (Fsp3) is 0.356. The third-order valence-electron chi connectivity index (χ3n) is 24.4. The van der Waals surface area contributed by atoms with Gasteiger partial charge in [0, 0.05) is 137 Å². The molecular weight excluding hydrogens is 1710 g/mol. The SMILES string of the molecule is COc1ccc2c(c1)O[C@@H](c1ccc(OC)c(OC)c1)[C@H](OC(C)=O)[C@H]2c1cc2c(c([C@H]3c4ccc(OC)cc4O[C@@H](c4ccc(OC)c(OC)c4)[C@@H]3OC(C)=O)c1OC)O[C@@H](c1ccc(OC)c(OC)c1)[C@H](OC(C)=O)[C@H]2c1c2c(c(OC)c([C@@H]3c4ccc(OC)cc4O[C@@H](c4ccc(OC)c(OC)c4)[C@@H]3OC(C)=O)c1OC)C[C@H](OC(C)=O)[C@@H](c1ccc(OC)c(OC)c1)O2. The van der Waals surface area contributed by atoms with Crippen molar-refractivity contribution < 1.29 is 147 Å². The molecule has 31 nitrogen and oxygen atoms in total. The Bertz CT molecular complexity index is 6040. The van der Waals surface area contributed by atoms with Gasteiger partial charge >= 0.3 is 29.8 Å². The number of methoxy groups -OCH3 is 16. The van der Waals surface area contributed by atoms with Crippen LogP contribution in [0.1, 0.15) is 167 Å². The third-order valence-corrected chi connectivity index (χ3v) is 24.4. The molecule has 31 heteroatoms. The van der Waals surface area contributed by atoms with E-state index in [-0.39, 0.29) is 103 Å². The molecule has 0 aromatic heterocycles. The van der Waals surface area contributed by atoms with E-state index in [9.17, 15) is 19.2 Å². The molecular formula is C101H104O31. The molecule has 5 aliphatic rings. The molecule has 0 N–H and O–H groups in total. The maximum absolute atomic E-state index is 15.5. The number of benzene rings is 10. The Hall–Kier alpha value is -14.7. The molecule has 0 spiro atoms. The summed E-state index contributed by atoms with van der Waals surface area (Å²) in [5.41, 5.74) is 4.15. The minimum absolute atomic E-state index is 0.00253. The number of fused-ring (bicyclic) bond motifs is 5. The van der Waals surface area contributed by atoms with E-state index in [2.05, 4.69) is 0 Å². The Morgan fingerprint density at radius 1 is 0.242 bits per heavy atom. The van der Waals surface area contributed by atoms with E-state index in [4.69, 9.17) is 123 Å². The average molecular weight is 1810 g/mol. The van der Waals surface area contributed by atoms with Crippen LogP contribution >= 0.6 is 0 Å². The monoisotopic (exact) mass is 1810 g/mol. The second kappa shape index (κ2) is 39.0. The Kier molecular flexibility index (Phi) is 27.2. The zero-order valence-corrected chi connectivity index (χ0v) is 76.9. The minimum atomic E-state index is -1.70. The Labute approximate surface area is 763 Å². The first-order valence-electron chi connectivity index (χ1n) is 42.2. The van der Waals surface area contributed by atoms with Crippen molar-refractivity contribution in [3.8, 4) is 121 Å². The lowest BCUT2D eigenvalue weighted by Gasteiger charge is -2.47. The van der Waals surface area contributed by atoms with Crippen molar-refractivity contribution in [1.29, 1.82) is 0 Å². The third kappa shape index (κ3) is 17.1. The first-order valence-corrected chi connectivity index (χ1v) is 42.2. The van der Waals surface area contributed by atoms with Crippen LogP contribution in [0.3, 0.4) is 0 Å². The molecule has 0 unspecified atom stereocenters. The van der Waals surface area contributed by atoms with Crippen LogP contribution < -0.4 is 99.5 Å². The molecule has 5 aliphatic heterocycles. The predicted molar refractivity (Wildman–Crippen MR) is 475 cm³/mol. The molecule has 10 aromatic carbocycles. The number of carbonyl (C=O) groups excluding carboxylic acids is 5. The summed E-state index contributed by atoms with van der Waals surface area (Å²) in [6, 6.07) is 43.3. The van der Waals surface area contributed by atoms with Gasteiger partial charge in [-0.1, -0.05) is 48.5 Å². The van der Waals surface area contributed by atoms with Gasteiger partial charge in [0.1, 0.15) is 69.3 Å². The fourth-order valence-corrected chi connectivity index (χ4v) is 19.0. The van der Waals surface area contributed by atoms with Crippen molar-refractivity contribution >= 4 is 29.8 Å². The van der Waals surface area contributed by atoms with Crippen LogP contribution in [-0.4, -0.2) is 174 Å². The number of rotatable bonds is 30. The van der Waals surface area contributed by atoms with Crippen molar-refractivity contribution in [3.63, 3.8) is 0 Å². The lowest BCUT2D eigenvalue weighted by molar-refractivity contribution is -0.155. The lowest BCUT2D eigenvalue weighted by Crippen LogP contribution is -2.43. The second-order valence-electron chi connectivity index (χ2n) is 31.6. The highest BCUT2D eigenvalue weighted by molar-refractivity contribution is 5.77. The van der Waals surface area contributed by atoms with Crippen LogP contribution in [-0.2, 0) is 54.1 Å². The highest BCUT2D eigenvalue weighted by atomic mass is 16.6. The largest absolute Gasteiger partial charge is 0.497 e. The van der Waals surface area contributed by atoms with E-state index >= 15 is 4.79 Å². The highest BCUT2D eigenvalue weighted by Crippen LogP contribution is 2.67. The number of ether oxygens (including phenoxy) is 26. The number of carbonyl (C=O) groups is 5. The molecule has 0 saturated heterocycles. The van der Waals surface area contributed by atoms with Gasteiger partial charge in [0.15, 0.2) is 112 Å². The van der Waals surface area contributed by atoms with E-state index < -0.39 is 115 Å². The van der Waals surface area contributed by atoms with Gasteiger partial charge in [0.25, 0.3) is 0 Å². The summed E-state index contributed by atoms with van der Waals surface area (Å²) >= 11 is 0. The van der Waals surface area contributed by atoms with Gasteiger partial charge in [0.05, 0.1) is 137 Å². The van der Waals surface area contributed by atoms with Gasteiger partial charge in [0.2, 0.25) is 0 Å². The van der Waals surface area contributed by atoms with Crippen LogP contribution in [0, 0.1) is 0 Å². The quantitative estimate of drug-likeness (QED) is 0.0298. The van der Waals surface area contributed by atoms with Gasteiger partial charge in [-0.15, -0.1) is 0 Å². The fourth-order valence-electron chi connectivity index (χ4n) is 19.0. The van der Waals surface area contributed by atoms with E-state index in [1.165, 1.54) is 148 Å². The van der Waals surface area contributed by atoms with Crippen LogP contribution in [0.2, 0.25) is 0 Å². The smallest absolute Gasteiger partial charge is 0.303 e. The molecule has 15 rings (SSSR count). The maximum atomic E-state index is 15.5. The van der Waals surface area contributed by atoms with Crippen molar-refractivity contribution in [1.82, 2.24) is 0 Å². The van der Waals surface area contributed by atoms with E-state index in [1.54, 1.807) is 146 Å². The van der Waals surface area contributed by atoms with Gasteiger partial charge < -0.3 is 123 Å². The topological polar surface area (TPSA) is 325 Å².